The largest absolute Gasteiger partial charge is 0.496 e. The summed E-state index contributed by atoms with van der Waals surface area (Å²) >= 11 is 6.44. The molecule has 0 spiro atoms. The third-order valence-corrected chi connectivity index (χ3v) is 7.84. The summed E-state index contributed by atoms with van der Waals surface area (Å²) in [6, 6.07) is 10.1. The predicted molar refractivity (Wildman–Crippen MR) is 163 cm³/mol. The maximum absolute atomic E-state index is 13.9. The molecule has 10 nitrogen and oxygen atoms in total. The van der Waals surface area contributed by atoms with Crippen LogP contribution in [0.5, 0.6) is 11.5 Å². The van der Waals surface area contributed by atoms with Gasteiger partial charge in [-0.1, -0.05) is 43.6 Å². The van der Waals surface area contributed by atoms with Crippen LogP contribution in [0.4, 0.5) is 5.69 Å². The summed E-state index contributed by atoms with van der Waals surface area (Å²) in [6.45, 7) is 6.39. The lowest BCUT2D eigenvalue weighted by Crippen LogP contribution is -2.43. The van der Waals surface area contributed by atoms with Crippen LogP contribution in [-0.2, 0) is 19.1 Å². The number of rotatable bonds is 13. The number of hydrogen-bond acceptors (Lipinski definition) is 8. The fraction of sp³-hybridized carbons (Fsp3) is 0.531. The van der Waals surface area contributed by atoms with Crippen molar-refractivity contribution >= 4 is 35.1 Å². The molecule has 0 aliphatic carbocycles. The second kappa shape index (κ2) is 15.4. The monoisotopic (exact) mass is 618 g/mol. The zero-order chi connectivity index (χ0) is 31.7. The van der Waals surface area contributed by atoms with Gasteiger partial charge in [0.05, 0.1) is 32.4 Å². The number of methoxy groups -OCH3 is 2. The maximum atomic E-state index is 13.9. The van der Waals surface area contributed by atoms with Crippen molar-refractivity contribution in [1.29, 1.82) is 0 Å². The van der Waals surface area contributed by atoms with Crippen LogP contribution < -0.4 is 14.4 Å². The molecule has 0 unspecified atom stereocenters. The van der Waals surface area contributed by atoms with Gasteiger partial charge in [0.15, 0.2) is 0 Å². The van der Waals surface area contributed by atoms with Crippen LogP contribution in [0.1, 0.15) is 63.7 Å². The number of esters is 1. The Morgan fingerprint density at radius 1 is 1.05 bits per heavy atom. The van der Waals surface area contributed by atoms with Gasteiger partial charge in [0.25, 0.3) is 0 Å². The minimum absolute atomic E-state index is 0.0424. The number of carbonyl (C=O) groups excluding carboxylic acids is 3. The van der Waals surface area contributed by atoms with E-state index < -0.39 is 11.5 Å². The first-order chi connectivity index (χ1) is 20.5. The standard InChI is InChI=1S/C32H43ClN2O8/c1-6-43-31(40)21-13-15-34(16-14-21)27(37)11-12-28(38)35(19-32(2,3)20-36)29-24(17-22(33)18-26(29)42-5)30(39)23-9-7-8-10-25(23)41-4/h7-10,17-18,21,30,36,39H,6,11-16,19-20H2,1-5H3/t30-/m1/s1. The molecule has 1 fully saturated rings. The predicted octanol–water partition coefficient (Wildman–Crippen LogP) is 4.37. The van der Waals surface area contributed by atoms with Crippen LogP contribution in [0.15, 0.2) is 36.4 Å². The van der Waals surface area contributed by atoms with Crippen molar-refractivity contribution in [2.75, 3.05) is 52.0 Å². The average Bonchev–Trinajstić information content (AvgIpc) is 3.01. The number of anilines is 1. The number of benzene rings is 2. The minimum atomic E-state index is -1.24. The van der Waals surface area contributed by atoms with Crippen LogP contribution in [0.2, 0.25) is 5.02 Å². The molecule has 236 valence electrons. The number of aliphatic hydroxyl groups excluding tert-OH is 2. The molecule has 1 saturated heterocycles. The van der Waals surface area contributed by atoms with Gasteiger partial charge >= 0.3 is 5.97 Å². The molecular formula is C32H43ClN2O8. The number of aliphatic hydroxyl groups is 2. The molecule has 0 saturated carbocycles. The third-order valence-electron chi connectivity index (χ3n) is 7.62. The van der Waals surface area contributed by atoms with E-state index in [1.807, 2.05) is 13.8 Å². The van der Waals surface area contributed by atoms with E-state index >= 15 is 0 Å². The molecule has 1 aliphatic rings. The van der Waals surface area contributed by atoms with Crippen molar-refractivity contribution in [3.63, 3.8) is 0 Å². The van der Waals surface area contributed by atoms with Crippen molar-refractivity contribution in [3.05, 3.63) is 52.5 Å². The molecule has 2 aromatic carbocycles. The minimum Gasteiger partial charge on any atom is -0.496 e. The molecular weight excluding hydrogens is 576 g/mol. The van der Waals surface area contributed by atoms with E-state index in [1.165, 1.54) is 19.1 Å². The molecule has 2 aromatic rings. The highest BCUT2D eigenvalue weighted by molar-refractivity contribution is 6.31. The first kappa shape index (κ1) is 34.2. The van der Waals surface area contributed by atoms with E-state index in [-0.39, 0.29) is 55.4 Å². The van der Waals surface area contributed by atoms with Gasteiger partial charge < -0.3 is 34.2 Å². The summed E-state index contributed by atoms with van der Waals surface area (Å²) in [5, 5.41) is 22.0. The number of carbonyl (C=O) groups is 3. The fourth-order valence-corrected chi connectivity index (χ4v) is 5.43. The quantitative estimate of drug-likeness (QED) is 0.317. The van der Waals surface area contributed by atoms with Crippen LogP contribution >= 0.6 is 11.6 Å². The molecule has 0 radical (unpaired) electrons. The first-order valence-corrected chi connectivity index (χ1v) is 14.9. The summed E-state index contributed by atoms with van der Waals surface area (Å²) in [4.78, 5) is 42.3. The first-order valence-electron chi connectivity index (χ1n) is 14.5. The maximum Gasteiger partial charge on any atom is 0.309 e. The Morgan fingerprint density at radius 2 is 1.70 bits per heavy atom. The molecule has 0 aromatic heterocycles. The highest BCUT2D eigenvalue weighted by Gasteiger charge is 2.33. The Bertz CT molecular complexity index is 1280. The van der Waals surface area contributed by atoms with Crippen molar-refractivity contribution in [1.82, 2.24) is 4.90 Å². The number of nitrogens with zero attached hydrogens (tertiary/aromatic N) is 2. The Morgan fingerprint density at radius 3 is 2.30 bits per heavy atom. The summed E-state index contributed by atoms with van der Waals surface area (Å²) < 4.78 is 16.2. The van der Waals surface area contributed by atoms with E-state index in [0.29, 0.717) is 60.1 Å². The molecule has 0 bridgehead atoms. The van der Waals surface area contributed by atoms with Gasteiger partial charge in [-0.3, -0.25) is 14.4 Å². The van der Waals surface area contributed by atoms with Gasteiger partial charge in [0.2, 0.25) is 11.8 Å². The van der Waals surface area contributed by atoms with E-state index in [2.05, 4.69) is 0 Å². The van der Waals surface area contributed by atoms with Gasteiger partial charge in [-0.25, -0.2) is 0 Å². The normalized spacial score (nSPS) is 14.7. The number of halogens is 1. The van der Waals surface area contributed by atoms with Crippen molar-refractivity contribution < 1.29 is 38.8 Å². The number of hydrogen-bond donors (Lipinski definition) is 2. The number of likely N-dealkylation sites (tertiary alicyclic amines) is 1. The number of piperidine rings is 1. The van der Waals surface area contributed by atoms with E-state index in [1.54, 1.807) is 48.2 Å². The molecule has 1 heterocycles. The van der Waals surface area contributed by atoms with Gasteiger partial charge in [-0.05, 0) is 31.9 Å². The van der Waals surface area contributed by atoms with E-state index in [9.17, 15) is 24.6 Å². The smallest absolute Gasteiger partial charge is 0.309 e. The molecule has 1 atom stereocenters. The Balaban J connectivity index is 1.91. The third kappa shape index (κ3) is 8.61. The van der Waals surface area contributed by atoms with Crippen LogP contribution in [-0.4, -0.2) is 80.0 Å². The Hall–Kier alpha value is -3.34. The number of amides is 2. The van der Waals surface area contributed by atoms with Gasteiger partial charge in [0, 0.05) is 66.7 Å². The fourth-order valence-electron chi connectivity index (χ4n) is 5.21. The average molecular weight is 619 g/mol. The van der Waals surface area contributed by atoms with Crippen LogP contribution in [0, 0.1) is 11.3 Å². The second-order valence-electron chi connectivity index (χ2n) is 11.4. The highest BCUT2D eigenvalue weighted by atomic mass is 35.5. The molecule has 11 heteroatoms. The van der Waals surface area contributed by atoms with Crippen molar-refractivity contribution in [2.45, 2.75) is 52.6 Å². The SMILES string of the molecule is CCOC(=O)C1CCN(C(=O)CCC(=O)N(CC(C)(C)CO)c2c(OC)cc(Cl)cc2[C@H](O)c2ccccc2OC)CC1. The summed E-state index contributed by atoms with van der Waals surface area (Å²) in [6.07, 6.45) is -0.371. The zero-order valence-electron chi connectivity index (χ0n) is 25.6. The lowest BCUT2D eigenvalue weighted by atomic mass is 9.92. The molecule has 2 N–H and O–H groups in total. The van der Waals surface area contributed by atoms with E-state index in [4.69, 9.17) is 25.8 Å². The number of para-hydroxylation sites is 1. The Kier molecular flexibility index (Phi) is 12.2. The Labute approximate surface area is 258 Å². The van der Waals surface area contributed by atoms with Crippen LogP contribution in [0.3, 0.4) is 0 Å². The summed E-state index contributed by atoms with van der Waals surface area (Å²) in [5.41, 5.74) is 0.333. The molecule has 1 aliphatic heterocycles. The van der Waals surface area contributed by atoms with Gasteiger partial charge in [0.1, 0.15) is 17.6 Å². The van der Waals surface area contributed by atoms with Gasteiger partial charge in [-0.15, -0.1) is 0 Å². The highest BCUT2D eigenvalue weighted by Crippen LogP contribution is 2.43. The lowest BCUT2D eigenvalue weighted by molar-refractivity contribution is -0.151. The van der Waals surface area contributed by atoms with Crippen molar-refractivity contribution in [2.24, 2.45) is 11.3 Å². The molecule has 2 amide bonds. The second-order valence-corrected chi connectivity index (χ2v) is 11.8. The number of ether oxygens (including phenoxy) is 3. The van der Waals surface area contributed by atoms with E-state index in [0.717, 1.165) is 0 Å². The molecule has 3 rings (SSSR count). The zero-order valence-corrected chi connectivity index (χ0v) is 26.4. The summed E-state index contributed by atoms with van der Waals surface area (Å²) in [7, 11) is 2.94. The lowest BCUT2D eigenvalue weighted by Gasteiger charge is -2.35. The molecule has 43 heavy (non-hydrogen) atoms. The van der Waals surface area contributed by atoms with Crippen LogP contribution in [0.25, 0.3) is 0 Å². The van der Waals surface area contributed by atoms with Crippen molar-refractivity contribution in [3.8, 4) is 11.5 Å². The topological polar surface area (TPSA) is 126 Å². The summed E-state index contributed by atoms with van der Waals surface area (Å²) in [5.74, 6) is -0.335. The van der Waals surface area contributed by atoms with Gasteiger partial charge in [-0.2, -0.15) is 0 Å².